The molecule has 0 radical (unpaired) electrons. The molecule has 2 fully saturated rings. The van der Waals surface area contributed by atoms with Gasteiger partial charge in [0.15, 0.2) is 5.03 Å². The lowest BCUT2D eigenvalue weighted by Crippen LogP contribution is -2.47. The Morgan fingerprint density at radius 2 is 1.70 bits per heavy atom. The van der Waals surface area contributed by atoms with E-state index < -0.39 is 33.3 Å². The second-order valence-corrected chi connectivity index (χ2v) is 10.9. The molecule has 3 aromatic rings. The number of aromatic nitrogens is 2. The molecule has 1 aliphatic carbocycles. The van der Waals surface area contributed by atoms with E-state index in [1.807, 2.05) is 4.90 Å². The average Bonchev–Trinajstić information content (AvgIpc) is 3.70. The molecule has 1 N–H and O–H groups in total. The van der Waals surface area contributed by atoms with Crippen molar-refractivity contribution in [1.29, 1.82) is 0 Å². The van der Waals surface area contributed by atoms with Crippen molar-refractivity contribution in [2.45, 2.75) is 37.0 Å². The van der Waals surface area contributed by atoms with Gasteiger partial charge in [-0.15, -0.1) is 0 Å². The molecular formula is C25H25F4N5O2S. The van der Waals surface area contributed by atoms with Crippen LogP contribution >= 0.6 is 0 Å². The average molecular weight is 536 g/mol. The molecule has 0 atom stereocenters. The van der Waals surface area contributed by atoms with E-state index in [1.165, 1.54) is 31.9 Å². The van der Waals surface area contributed by atoms with E-state index >= 15 is 0 Å². The van der Waals surface area contributed by atoms with Crippen molar-refractivity contribution in [3.8, 4) is 11.3 Å². The second kappa shape index (κ2) is 9.56. The van der Waals surface area contributed by atoms with Crippen molar-refractivity contribution in [2.75, 3.05) is 35.8 Å². The molecule has 1 aromatic carbocycles. The number of sulfonamides is 1. The molecule has 3 heterocycles. The first kappa shape index (κ1) is 25.4. The van der Waals surface area contributed by atoms with Gasteiger partial charge in [0, 0.05) is 37.8 Å². The minimum Gasteiger partial charge on any atom is -0.354 e. The van der Waals surface area contributed by atoms with E-state index in [0.29, 0.717) is 17.4 Å². The van der Waals surface area contributed by atoms with Gasteiger partial charge < -0.3 is 4.90 Å². The highest BCUT2D eigenvalue weighted by Gasteiger charge is 2.36. The highest BCUT2D eigenvalue weighted by atomic mass is 32.2. The molecule has 0 bridgehead atoms. The normalized spacial score (nSPS) is 17.2. The fraction of sp³-hybridized carbons (Fsp3) is 0.360. The van der Waals surface area contributed by atoms with E-state index in [9.17, 15) is 26.0 Å². The molecular weight excluding hydrogens is 510 g/mol. The number of rotatable bonds is 6. The second-order valence-electron chi connectivity index (χ2n) is 9.24. The number of alkyl halides is 3. The summed E-state index contributed by atoms with van der Waals surface area (Å²) in [6.07, 6.45) is -2.34. The first-order chi connectivity index (χ1) is 17.5. The number of aryl methyl sites for hydroxylation is 1. The van der Waals surface area contributed by atoms with E-state index in [0.717, 1.165) is 50.4 Å². The van der Waals surface area contributed by atoms with Crippen LogP contribution in [-0.4, -0.2) is 55.5 Å². The number of nitrogens with one attached hydrogen (secondary N) is 1. The van der Waals surface area contributed by atoms with Gasteiger partial charge in [0.05, 0.1) is 11.3 Å². The van der Waals surface area contributed by atoms with Gasteiger partial charge in [0.1, 0.15) is 17.5 Å². The molecule has 5 rings (SSSR count). The summed E-state index contributed by atoms with van der Waals surface area (Å²) in [7, 11) is -4.27. The Balaban J connectivity index is 1.42. The zero-order chi connectivity index (χ0) is 26.4. The van der Waals surface area contributed by atoms with Gasteiger partial charge in [-0.1, -0.05) is 12.1 Å². The van der Waals surface area contributed by atoms with Crippen LogP contribution < -0.4 is 9.62 Å². The van der Waals surface area contributed by atoms with Crippen LogP contribution in [-0.2, 0) is 16.2 Å². The number of anilines is 2. The fourth-order valence-corrected chi connectivity index (χ4v) is 5.44. The van der Waals surface area contributed by atoms with E-state index in [1.54, 1.807) is 12.1 Å². The number of benzene rings is 1. The Hall–Kier alpha value is -3.25. The molecule has 0 spiro atoms. The summed E-state index contributed by atoms with van der Waals surface area (Å²) >= 11 is 0. The van der Waals surface area contributed by atoms with E-state index in [2.05, 4.69) is 19.6 Å². The zero-order valence-corrected chi connectivity index (χ0v) is 20.8. The Bertz CT molecular complexity index is 1420. The summed E-state index contributed by atoms with van der Waals surface area (Å²) < 4.78 is 83.4. The molecule has 1 saturated carbocycles. The van der Waals surface area contributed by atoms with E-state index in [4.69, 9.17) is 0 Å². The molecule has 12 heteroatoms. The monoisotopic (exact) mass is 535 g/mol. The molecule has 0 amide bonds. The van der Waals surface area contributed by atoms with Crippen LogP contribution in [0.5, 0.6) is 0 Å². The van der Waals surface area contributed by atoms with Crippen LogP contribution in [0.25, 0.3) is 11.3 Å². The number of piperazine rings is 1. The first-order valence-electron chi connectivity index (χ1n) is 11.8. The largest absolute Gasteiger partial charge is 0.418 e. The van der Waals surface area contributed by atoms with Crippen LogP contribution in [0, 0.1) is 12.7 Å². The predicted octanol–water partition coefficient (Wildman–Crippen LogP) is 4.70. The Morgan fingerprint density at radius 3 is 2.38 bits per heavy atom. The molecule has 0 unspecified atom stereocenters. The van der Waals surface area contributed by atoms with Gasteiger partial charge in [0.2, 0.25) is 0 Å². The summed E-state index contributed by atoms with van der Waals surface area (Å²) in [5, 5.41) is -0.278. The molecule has 7 nitrogen and oxygen atoms in total. The van der Waals surface area contributed by atoms with Crippen LogP contribution in [0.15, 0.2) is 53.6 Å². The van der Waals surface area contributed by atoms with Gasteiger partial charge >= 0.3 is 6.18 Å². The van der Waals surface area contributed by atoms with Crippen LogP contribution in [0.4, 0.5) is 29.2 Å². The quantitative estimate of drug-likeness (QED) is 0.462. The van der Waals surface area contributed by atoms with Crippen molar-refractivity contribution in [1.82, 2.24) is 14.9 Å². The zero-order valence-electron chi connectivity index (χ0n) is 20.0. The molecule has 1 saturated heterocycles. The third-order valence-electron chi connectivity index (χ3n) is 6.58. The Kier molecular flexibility index (Phi) is 6.57. The number of pyridine rings is 2. The highest BCUT2D eigenvalue weighted by molar-refractivity contribution is 7.92. The minimum absolute atomic E-state index is 0.0844. The maximum Gasteiger partial charge on any atom is 0.418 e. The van der Waals surface area contributed by atoms with Crippen molar-refractivity contribution in [3.63, 3.8) is 0 Å². The van der Waals surface area contributed by atoms with E-state index in [-0.39, 0.29) is 16.4 Å². The molecule has 37 heavy (non-hydrogen) atoms. The minimum atomic E-state index is -4.78. The van der Waals surface area contributed by atoms with Crippen molar-refractivity contribution in [3.05, 3.63) is 65.5 Å². The van der Waals surface area contributed by atoms with Gasteiger partial charge in [0.25, 0.3) is 10.0 Å². The summed E-state index contributed by atoms with van der Waals surface area (Å²) in [5.41, 5.74) is -1.40. The van der Waals surface area contributed by atoms with Crippen molar-refractivity contribution < 1.29 is 26.0 Å². The van der Waals surface area contributed by atoms with Crippen LogP contribution in [0.3, 0.4) is 0 Å². The lowest BCUT2D eigenvalue weighted by Gasteiger charge is -2.35. The maximum absolute atomic E-state index is 13.9. The maximum atomic E-state index is 13.9. The lowest BCUT2D eigenvalue weighted by atomic mass is 10.0. The third-order valence-corrected chi connectivity index (χ3v) is 7.84. The Labute approximate surface area is 212 Å². The summed E-state index contributed by atoms with van der Waals surface area (Å²) in [4.78, 5) is 12.7. The number of hydrogen-bond acceptors (Lipinski definition) is 6. The third kappa shape index (κ3) is 5.54. The smallest absolute Gasteiger partial charge is 0.354 e. The van der Waals surface area contributed by atoms with Gasteiger partial charge in [-0.25, -0.2) is 14.4 Å². The molecule has 196 valence electrons. The summed E-state index contributed by atoms with van der Waals surface area (Å²) in [6.45, 7) is 4.71. The van der Waals surface area contributed by atoms with Gasteiger partial charge in [-0.2, -0.15) is 21.6 Å². The number of nitrogens with zero attached hydrogens (tertiary/aromatic N) is 4. The van der Waals surface area contributed by atoms with Gasteiger partial charge in [-0.3, -0.25) is 9.62 Å². The first-order valence-corrected chi connectivity index (χ1v) is 13.3. The standard InChI is InChI=1S/C25H25F4N5O2S/c1-16-5-6-17(26)15-19(16)24-20(25(27,28)29)9-10-21(30-24)32-37(35,36)23-4-2-3-22(31-23)34-13-11-33(12-14-34)18-7-8-18/h2-6,9-10,15,18H,7-8,11-14H2,1H3,(H,30,32). The van der Waals surface area contributed by atoms with Crippen molar-refractivity contribution in [2.24, 2.45) is 0 Å². The van der Waals surface area contributed by atoms with Crippen molar-refractivity contribution >= 4 is 21.7 Å². The highest BCUT2D eigenvalue weighted by Crippen LogP contribution is 2.38. The number of halogens is 4. The van der Waals surface area contributed by atoms with Crippen LogP contribution in [0.1, 0.15) is 24.0 Å². The topological polar surface area (TPSA) is 78.4 Å². The molecule has 1 aliphatic heterocycles. The molecule has 2 aliphatic rings. The SMILES string of the molecule is Cc1ccc(F)cc1-c1nc(NS(=O)(=O)c2cccc(N3CCN(C4CC4)CC3)n2)ccc1C(F)(F)F. The summed E-state index contributed by atoms with van der Waals surface area (Å²) in [5.74, 6) is -0.563. The van der Waals surface area contributed by atoms with Crippen LogP contribution in [0.2, 0.25) is 0 Å². The molecule has 2 aromatic heterocycles. The lowest BCUT2D eigenvalue weighted by molar-refractivity contribution is -0.137. The fourth-order valence-electron chi connectivity index (χ4n) is 4.47. The Morgan fingerprint density at radius 1 is 0.973 bits per heavy atom. The number of hydrogen-bond donors (Lipinski definition) is 1. The predicted molar refractivity (Wildman–Crippen MR) is 131 cm³/mol. The van der Waals surface area contributed by atoms with Gasteiger partial charge in [-0.05, 0) is 61.7 Å². The summed E-state index contributed by atoms with van der Waals surface area (Å²) in [6, 6.07) is 10.3.